The first-order valence-electron chi connectivity index (χ1n) is 5.50. The molecule has 0 saturated carbocycles. The van der Waals surface area contributed by atoms with Crippen molar-refractivity contribution in [2.24, 2.45) is 0 Å². The normalized spacial score (nSPS) is 25.1. The smallest absolute Gasteiger partial charge is 0.0796 e. The van der Waals surface area contributed by atoms with E-state index in [1.807, 2.05) is 13.0 Å². The van der Waals surface area contributed by atoms with Crippen LogP contribution in [-0.2, 0) is 0 Å². The summed E-state index contributed by atoms with van der Waals surface area (Å²) in [5.74, 6) is 0.468. The van der Waals surface area contributed by atoms with Gasteiger partial charge in [0.05, 0.1) is 6.10 Å². The Morgan fingerprint density at radius 1 is 1.27 bits per heavy atom. The number of halogens is 1. The number of aliphatic hydroxyl groups is 1. The van der Waals surface area contributed by atoms with Gasteiger partial charge in [-0.1, -0.05) is 18.5 Å². The summed E-state index contributed by atoms with van der Waals surface area (Å²) in [7, 11) is 0. The molecule has 82 valence electrons. The fourth-order valence-electron chi connectivity index (χ4n) is 2.55. The van der Waals surface area contributed by atoms with Gasteiger partial charge in [-0.2, -0.15) is 0 Å². The molecular formula is C13H17ClO. The molecule has 1 N–H and O–H groups in total. The molecule has 15 heavy (non-hydrogen) atoms. The van der Waals surface area contributed by atoms with E-state index in [0.717, 1.165) is 23.4 Å². The summed E-state index contributed by atoms with van der Waals surface area (Å²) in [6.45, 7) is 6.31. The maximum absolute atomic E-state index is 10.1. The molecule has 1 aliphatic carbocycles. The number of aliphatic hydroxyl groups excluding tert-OH is 1. The second-order valence-electron chi connectivity index (χ2n) is 4.62. The fraction of sp³-hybridized carbons (Fsp3) is 0.538. The molecule has 1 nitrogen and oxygen atoms in total. The monoisotopic (exact) mass is 224 g/mol. The SMILES string of the molecule is Cc1cc(Cl)c2c(c1C)C(O)CCC2C. The fourth-order valence-corrected chi connectivity index (χ4v) is 3.00. The Balaban J connectivity index is 2.71. The van der Waals surface area contributed by atoms with Gasteiger partial charge in [0.2, 0.25) is 0 Å². The molecule has 0 radical (unpaired) electrons. The molecule has 2 heteroatoms. The molecule has 1 aromatic carbocycles. The molecule has 0 bridgehead atoms. The molecule has 0 saturated heterocycles. The highest BCUT2D eigenvalue weighted by atomic mass is 35.5. The maximum atomic E-state index is 10.1. The molecule has 2 unspecified atom stereocenters. The summed E-state index contributed by atoms with van der Waals surface area (Å²) in [6, 6.07) is 2.02. The predicted octanol–water partition coefficient (Wildman–Crippen LogP) is 3.89. The highest BCUT2D eigenvalue weighted by molar-refractivity contribution is 6.31. The number of benzene rings is 1. The molecule has 0 heterocycles. The van der Waals surface area contributed by atoms with Gasteiger partial charge in [-0.05, 0) is 60.9 Å². The summed E-state index contributed by atoms with van der Waals surface area (Å²) in [5, 5.41) is 10.9. The third kappa shape index (κ3) is 1.68. The Hall–Kier alpha value is -0.530. The molecule has 2 rings (SSSR count). The summed E-state index contributed by atoms with van der Waals surface area (Å²) < 4.78 is 0. The molecule has 0 spiro atoms. The van der Waals surface area contributed by atoms with E-state index < -0.39 is 0 Å². The van der Waals surface area contributed by atoms with Gasteiger partial charge < -0.3 is 5.11 Å². The number of aryl methyl sites for hydroxylation is 1. The van der Waals surface area contributed by atoms with Gasteiger partial charge in [-0.15, -0.1) is 0 Å². The molecule has 0 aromatic heterocycles. The largest absolute Gasteiger partial charge is 0.388 e. The average molecular weight is 225 g/mol. The van der Waals surface area contributed by atoms with Crippen molar-refractivity contribution in [3.8, 4) is 0 Å². The summed E-state index contributed by atoms with van der Waals surface area (Å²) >= 11 is 6.27. The molecule has 0 amide bonds. The van der Waals surface area contributed by atoms with Crippen LogP contribution in [0.4, 0.5) is 0 Å². The van der Waals surface area contributed by atoms with Gasteiger partial charge >= 0.3 is 0 Å². The minimum Gasteiger partial charge on any atom is -0.388 e. The molecule has 1 aromatic rings. The summed E-state index contributed by atoms with van der Waals surface area (Å²) in [4.78, 5) is 0. The maximum Gasteiger partial charge on any atom is 0.0796 e. The van der Waals surface area contributed by atoms with Gasteiger partial charge in [-0.3, -0.25) is 0 Å². The van der Waals surface area contributed by atoms with Crippen LogP contribution in [0.2, 0.25) is 5.02 Å². The third-order valence-corrected chi connectivity index (χ3v) is 3.90. The zero-order valence-corrected chi connectivity index (χ0v) is 10.2. The van der Waals surface area contributed by atoms with E-state index in [9.17, 15) is 5.11 Å². The Morgan fingerprint density at radius 3 is 2.60 bits per heavy atom. The molecular weight excluding hydrogens is 208 g/mol. The van der Waals surface area contributed by atoms with Crippen molar-refractivity contribution in [2.75, 3.05) is 0 Å². The Bertz CT molecular complexity index is 398. The summed E-state index contributed by atoms with van der Waals surface area (Å²) in [5.41, 5.74) is 4.62. The van der Waals surface area contributed by atoms with Gasteiger partial charge in [0, 0.05) is 5.02 Å². The van der Waals surface area contributed by atoms with Crippen molar-refractivity contribution in [3.05, 3.63) is 33.3 Å². The van der Waals surface area contributed by atoms with Crippen molar-refractivity contribution in [2.45, 2.75) is 45.6 Å². The van der Waals surface area contributed by atoms with E-state index in [4.69, 9.17) is 11.6 Å². The van der Waals surface area contributed by atoms with Crippen molar-refractivity contribution >= 4 is 11.6 Å². The minimum absolute atomic E-state index is 0.325. The Labute approximate surface area is 96.1 Å². The molecule has 2 atom stereocenters. The average Bonchev–Trinajstić information content (AvgIpc) is 2.18. The number of rotatable bonds is 0. The van der Waals surface area contributed by atoms with Crippen LogP contribution in [0.3, 0.4) is 0 Å². The van der Waals surface area contributed by atoms with E-state index in [2.05, 4.69) is 13.8 Å². The standard InChI is InChI=1S/C13H17ClO/c1-7-4-5-11(15)13-9(3)8(2)6-10(14)12(7)13/h6-7,11,15H,4-5H2,1-3H3. The van der Waals surface area contributed by atoms with E-state index in [-0.39, 0.29) is 6.10 Å². The number of hydrogen-bond acceptors (Lipinski definition) is 1. The quantitative estimate of drug-likeness (QED) is 0.709. The van der Waals surface area contributed by atoms with E-state index >= 15 is 0 Å². The second-order valence-corrected chi connectivity index (χ2v) is 5.03. The first kappa shape index (κ1) is 11.0. The lowest BCUT2D eigenvalue weighted by molar-refractivity contribution is 0.151. The molecule has 0 fully saturated rings. The van der Waals surface area contributed by atoms with Crippen LogP contribution in [0.25, 0.3) is 0 Å². The Morgan fingerprint density at radius 2 is 1.93 bits per heavy atom. The van der Waals surface area contributed by atoms with Crippen LogP contribution >= 0.6 is 11.6 Å². The van der Waals surface area contributed by atoms with Crippen LogP contribution in [0.1, 0.15) is 54.0 Å². The number of hydrogen-bond donors (Lipinski definition) is 1. The minimum atomic E-state index is -0.325. The lowest BCUT2D eigenvalue weighted by atomic mass is 9.79. The van der Waals surface area contributed by atoms with Crippen LogP contribution in [0, 0.1) is 13.8 Å². The van der Waals surface area contributed by atoms with Crippen molar-refractivity contribution in [3.63, 3.8) is 0 Å². The lowest BCUT2D eigenvalue weighted by Crippen LogP contribution is -2.15. The van der Waals surface area contributed by atoms with Crippen LogP contribution in [0.15, 0.2) is 6.07 Å². The Kier molecular flexibility index (Phi) is 2.78. The summed E-state index contributed by atoms with van der Waals surface area (Å²) in [6.07, 6.45) is 1.55. The highest BCUT2D eigenvalue weighted by Crippen LogP contribution is 2.43. The molecule has 1 aliphatic rings. The van der Waals surface area contributed by atoms with Crippen molar-refractivity contribution < 1.29 is 5.11 Å². The van der Waals surface area contributed by atoms with E-state index in [0.29, 0.717) is 5.92 Å². The van der Waals surface area contributed by atoms with Crippen LogP contribution < -0.4 is 0 Å². The van der Waals surface area contributed by atoms with E-state index in [1.54, 1.807) is 0 Å². The van der Waals surface area contributed by atoms with Gasteiger partial charge in [-0.25, -0.2) is 0 Å². The van der Waals surface area contributed by atoms with Crippen LogP contribution in [-0.4, -0.2) is 5.11 Å². The highest BCUT2D eigenvalue weighted by Gasteiger charge is 2.27. The first-order valence-corrected chi connectivity index (χ1v) is 5.87. The first-order chi connectivity index (χ1) is 7.02. The van der Waals surface area contributed by atoms with Crippen molar-refractivity contribution in [1.29, 1.82) is 0 Å². The third-order valence-electron chi connectivity index (χ3n) is 3.59. The zero-order valence-electron chi connectivity index (χ0n) is 9.47. The predicted molar refractivity (Wildman–Crippen MR) is 63.5 cm³/mol. The topological polar surface area (TPSA) is 20.2 Å². The zero-order chi connectivity index (χ0) is 11.2. The van der Waals surface area contributed by atoms with Gasteiger partial charge in [0.25, 0.3) is 0 Å². The van der Waals surface area contributed by atoms with Crippen LogP contribution in [0.5, 0.6) is 0 Å². The second kappa shape index (κ2) is 3.80. The molecule has 0 aliphatic heterocycles. The van der Waals surface area contributed by atoms with Gasteiger partial charge in [0.15, 0.2) is 0 Å². The van der Waals surface area contributed by atoms with Crippen molar-refractivity contribution in [1.82, 2.24) is 0 Å². The van der Waals surface area contributed by atoms with Gasteiger partial charge in [0.1, 0.15) is 0 Å². The number of fused-ring (bicyclic) bond motifs is 1. The van der Waals surface area contributed by atoms with E-state index in [1.165, 1.54) is 16.7 Å². The lowest BCUT2D eigenvalue weighted by Gasteiger charge is -2.30.